The van der Waals surface area contributed by atoms with Crippen molar-refractivity contribution < 1.29 is 51.9 Å². The lowest BCUT2D eigenvalue weighted by Gasteiger charge is -2.44. The van der Waals surface area contributed by atoms with E-state index >= 15 is 0 Å². The van der Waals surface area contributed by atoms with Gasteiger partial charge in [0.2, 0.25) is 12.1 Å². The van der Waals surface area contributed by atoms with Gasteiger partial charge >= 0.3 is 0 Å². The lowest BCUT2D eigenvalue weighted by molar-refractivity contribution is -0.519. The normalized spacial score (nSPS) is 48.2. The molecule has 0 spiro atoms. The van der Waals surface area contributed by atoms with Crippen molar-refractivity contribution in [2.45, 2.75) is 80.9 Å². The van der Waals surface area contributed by atoms with Crippen molar-refractivity contribution in [1.82, 2.24) is 0 Å². The second-order valence-electron chi connectivity index (χ2n) is 7.47. The molecule has 1 aliphatic carbocycles. The second-order valence-corrected chi connectivity index (χ2v) is 7.47. The SMILES string of the molecule is C[C@@H](O)C1O[C@H](O[C@@H]2C([NH3+])CC(CC(N)=[NH2+])[C@@H](O)C2O)[C@@H]([NH3+])C(O)[C@@H]1O. The Labute approximate surface area is 151 Å². The number of rotatable bonds is 5. The largest absolute Gasteiger partial charge is 0.391 e. The van der Waals surface area contributed by atoms with Crippen molar-refractivity contribution >= 4 is 5.84 Å². The van der Waals surface area contributed by atoms with Gasteiger partial charge in [-0.1, -0.05) is 0 Å². The maximum absolute atomic E-state index is 10.5. The van der Waals surface area contributed by atoms with Crippen LogP contribution >= 0.6 is 0 Å². The van der Waals surface area contributed by atoms with E-state index in [-0.39, 0.29) is 18.2 Å². The van der Waals surface area contributed by atoms with E-state index in [4.69, 9.17) is 20.6 Å². The second kappa shape index (κ2) is 8.42. The molecule has 15 N–H and O–H groups in total. The maximum Gasteiger partial charge on any atom is 0.238 e. The number of hydrogen-bond donors (Lipinski definition) is 9. The molecule has 2 aliphatic rings. The average Bonchev–Trinajstić information content (AvgIpc) is 2.55. The number of aliphatic hydroxyl groups excluding tert-OH is 5. The molecule has 0 aromatic heterocycles. The van der Waals surface area contributed by atoms with Crippen LogP contribution < -0.4 is 22.6 Å². The number of nitrogens with two attached hydrogens (primary N) is 2. The quantitative estimate of drug-likeness (QED) is 0.164. The lowest BCUT2D eigenvalue weighted by Crippen LogP contribution is -2.80. The highest BCUT2D eigenvalue weighted by Crippen LogP contribution is 2.31. The van der Waals surface area contributed by atoms with Gasteiger partial charge in [-0.2, -0.15) is 0 Å². The van der Waals surface area contributed by atoms with Gasteiger partial charge in [-0.05, 0) is 6.92 Å². The Morgan fingerprint density at radius 3 is 2.35 bits per heavy atom. The molecule has 0 aromatic rings. The fourth-order valence-corrected chi connectivity index (χ4v) is 3.74. The molecule has 0 amide bonds. The maximum atomic E-state index is 10.5. The van der Waals surface area contributed by atoms with Crippen LogP contribution in [-0.4, -0.2) is 92.5 Å². The third-order valence-electron chi connectivity index (χ3n) is 5.27. The molecule has 5 unspecified atom stereocenters. The van der Waals surface area contributed by atoms with Crippen LogP contribution in [0.15, 0.2) is 0 Å². The molecular weight excluding hydrogens is 348 g/mol. The fourth-order valence-electron chi connectivity index (χ4n) is 3.74. The first kappa shape index (κ1) is 21.4. The summed E-state index contributed by atoms with van der Waals surface area (Å²) in [6.07, 6.45) is -8.40. The fraction of sp³-hybridized carbons (Fsp3) is 0.933. The smallest absolute Gasteiger partial charge is 0.238 e. The molecule has 0 bridgehead atoms. The highest BCUT2D eigenvalue weighted by molar-refractivity contribution is 5.74. The summed E-state index contributed by atoms with van der Waals surface area (Å²) >= 11 is 0. The van der Waals surface area contributed by atoms with Gasteiger partial charge in [0.1, 0.15) is 36.6 Å². The number of quaternary nitrogens is 2. The Morgan fingerprint density at radius 1 is 1.19 bits per heavy atom. The average molecular weight is 381 g/mol. The van der Waals surface area contributed by atoms with Crippen molar-refractivity contribution in [2.24, 2.45) is 11.7 Å². The molecule has 1 saturated carbocycles. The van der Waals surface area contributed by atoms with E-state index in [0.29, 0.717) is 6.42 Å². The van der Waals surface area contributed by atoms with Gasteiger partial charge in [-0.3, -0.25) is 11.1 Å². The Hall–Kier alpha value is -0.890. The predicted octanol–water partition coefficient (Wildman–Crippen LogP) is -7.33. The van der Waals surface area contributed by atoms with Gasteiger partial charge in [0.05, 0.1) is 18.6 Å². The molecule has 11 nitrogen and oxygen atoms in total. The summed E-state index contributed by atoms with van der Waals surface area (Å²) in [5.74, 6) is -0.184. The zero-order chi connectivity index (χ0) is 19.8. The zero-order valence-corrected chi connectivity index (χ0v) is 14.9. The molecule has 0 aromatic carbocycles. The molecular formula is C15H33N4O7+3. The summed E-state index contributed by atoms with van der Waals surface area (Å²) in [6, 6.07) is -1.26. The van der Waals surface area contributed by atoms with Crippen LogP contribution in [0.1, 0.15) is 19.8 Å². The molecule has 11 atom stereocenters. The zero-order valence-electron chi connectivity index (χ0n) is 14.9. The Balaban J connectivity index is 2.10. The topological polar surface area (TPSA) is 226 Å². The molecule has 1 heterocycles. The van der Waals surface area contributed by atoms with Crippen LogP contribution in [0.25, 0.3) is 0 Å². The standard InChI is InChI=1S/C15H30N4O7/c1-4(20)13-12(24)10(22)8(19)15(25-13)26-14-6(16)2-5(3-7(17)18)9(21)11(14)23/h4-6,8-15,20-24H,2-3,16,19H2,1H3,(H3,17,18)/p+3/t4-,5?,6?,8+,9-,10?,11?,12+,13?,14-,15-/m1/s1. The van der Waals surface area contributed by atoms with Crippen LogP contribution in [0.3, 0.4) is 0 Å². The van der Waals surface area contributed by atoms with E-state index in [1.807, 2.05) is 0 Å². The Morgan fingerprint density at radius 2 is 1.81 bits per heavy atom. The number of aliphatic hydroxyl groups is 5. The molecule has 0 radical (unpaired) electrons. The number of hydrogen-bond acceptors (Lipinski definition) is 7. The van der Waals surface area contributed by atoms with E-state index in [9.17, 15) is 25.5 Å². The van der Waals surface area contributed by atoms with Gasteiger partial charge in [0, 0.05) is 12.3 Å². The third kappa shape index (κ3) is 4.32. The van der Waals surface area contributed by atoms with E-state index < -0.39 is 61.1 Å². The minimum atomic E-state index is -1.32. The molecule has 1 saturated heterocycles. The molecule has 1 aliphatic heterocycles. The number of amidine groups is 1. The van der Waals surface area contributed by atoms with Crippen LogP contribution in [0.2, 0.25) is 0 Å². The molecule has 152 valence electrons. The van der Waals surface area contributed by atoms with Crippen molar-refractivity contribution in [3.05, 3.63) is 0 Å². The summed E-state index contributed by atoms with van der Waals surface area (Å²) in [4.78, 5) is 0. The highest BCUT2D eigenvalue weighted by atomic mass is 16.7. The van der Waals surface area contributed by atoms with Gasteiger partial charge in [0.15, 0.2) is 6.04 Å². The van der Waals surface area contributed by atoms with Crippen LogP contribution in [0, 0.1) is 5.92 Å². The minimum absolute atomic E-state index is 0.165. The van der Waals surface area contributed by atoms with Crippen LogP contribution in [0.5, 0.6) is 0 Å². The van der Waals surface area contributed by atoms with Crippen LogP contribution in [-0.2, 0) is 9.47 Å². The first-order valence-corrected chi connectivity index (χ1v) is 8.78. The molecule has 2 rings (SSSR count). The molecule has 2 fully saturated rings. The minimum Gasteiger partial charge on any atom is -0.391 e. The lowest BCUT2D eigenvalue weighted by atomic mass is 9.78. The van der Waals surface area contributed by atoms with Crippen molar-refractivity contribution in [3.63, 3.8) is 0 Å². The van der Waals surface area contributed by atoms with Gasteiger partial charge < -0.3 is 46.5 Å². The molecule has 26 heavy (non-hydrogen) atoms. The Kier molecular flexibility index (Phi) is 6.93. The van der Waals surface area contributed by atoms with E-state index in [0.717, 1.165) is 0 Å². The van der Waals surface area contributed by atoms with E-state index in [1.54, 1.807) is 0 Å². The van der Waals surface area contributed by atoms with Crippen LogP contribution in [0.4, 0.5) is 0 Å². The predicted molar refractivity (Wildman–Crippen MR) is 86.4 cm³/mol. The summed E-state index contributed by atoms with van der Waals surface area (Å²) in [6.45, 7) is 1.42. The number of ether oxygens (including phenoxy) is 2. The van der Waals surface area contributed by atoms with Crippen molar-refractivity contribution in [2.75, 3.05) is 0 Å². The van der Waals surface area contributed by atoms with E-state index in [1.165, 1.54) is 6.92 Å². The van der Waals surface area contributed by atoms with Crippen molar-refractivity contribution in [1.29, 1.82) is 0 Å². The van der Waals surface area contributed by atoms with Gasteiger partial charge in [-0.15, -0.1) is 0 Å². The Bertz CT molecular complexity index is 497. The summed E-state index contributed by atoms with van der Waals surface area (Å²) in [5.41, 5.74) is 13.2. The van der Waals surface area contributed by atoms with Gasteiger partial charge in [-0.25, -0.2) is 0 Å². The highest BCUT2D eigenvalue weighted by Gasteiger charge is 2.52. The third-order valence-corrected chi connectivity index (χ3v) is 5.27. The summed E-state index contributed by atoms with van der Waals surface area (Å²) < 4.78 is 11.3. The molecule has 11 heteroatoms. The first-order chi connectivity index (χ1) is 12.0. The first-order valence-electron chi connectivity index (χ1n) is 8.78. The van der Waals surface area contributed by atoms with E-state index in [2.05, 4.69) is 11.5 Å². The summed E-state index contributed by atoms with van der Waals surface area (Å²) in [7, 11) is 0. The summed E-state index contributed by atoms with van der Waals surface area (Å²) in [5, 5.41) is 56.2. The van der Waals surface area contributed by atoms with Gasteiger partial charge in [0.25, 0.3) is 0 Å². The van der Waals surface area contributed by atoms with Crippen molar-refractivity contribution in [3.8, 4) is 0 Å². The monoisotopic (exact) mass is 381 g/mol.